The molecule has 0 aromatic heterocycles. The van der Waals surface area contributed by atoms with Crippen molar-refractivity contribution in [3.05, 3.63) is 23.8 Å². The topological polar surface area (TPSA) is 62.9 Å². The maximum atomic E-state index is 6.34. The Morgan fingerprint density at radius 1 is 1.14 bits per heavy atom. The fourth-order valence-corrected chi connectivity index (χ4v) is 2.36. The van der Waals surface area contributed by atoms with Gasteiger partial charge in [0.2, 0.25) is 0 Å². The molecule has 1 saturated heterocycles. The predicted octanol–water partition coefficient (Wildman–Crippen LogP) is 2.73. The summed E-state index contributed by atoms with van der Waals surface area (Å²) >= 11 is 0. The van der Waals surface area contributed by atoms with Gasteiger partial charge in [-0.1, -0.05) is 6.07 Å². The maximum Gasteiger partial charge on any atom is 0.480 e. The molecule has 0 aliphatic carbocycles. The molecule has 2 N–H and O–H groups in total. The average molecular weight is 307 g/mol. The lowest BCUT2D eigenvalue weighted by molar-refractivity contribution is 0.00578. The second-order valence-corrected chi connectivity index (χ2v) is 6.49. The molecule has 1 aliphatic rings. The molecule has 1 heterocycles. The predicted molar refractivity (Wildman–Crippen MR) is 87.2 cm³/mol. The summed E-state index contributed by atoms with van der Waals surface area (Å²) in [5.41, 5.74) is 6.44. The Hall–Kier alpha value is -1.24. The minimum absolute atomic E-state index is 0.398. The average Bonchev–Trinajstić information content (AvgIpc) is 2.67. The van der Waals surface area contributed by atoms with Crippen LogP contribution in [0.5, 0.6) is 11.5 Å². The van der Waals surface area contributed by atoms with Crippen molar-refractivity contribution in [1.82, 2.24) is 0 Å². The van der Waals surface area contributed by atoms with Gasteiger partial charge in [-0.25, -0.2) is 0 Å². The van der Waals surface area contributed by atoms with E-state index in [0.29, 0.717) is 18.1 Å². The summed E-state index contributed by atoms with van der Waals surface area (Å²) in [4.78, 5) is 0. The largest absolute Gasteiger partial charge is 0.493 e. The minimum atomic E-state index is -0.493. The van der Waals surface area contributed by atoms with Crippen LogP contribution >= 0.6 is 0 Å². The number of rotatable bonds is 5. The van der Waals surface area contributed by atoms with Crippen molar-refractivity contribution in [2.45, 2.75) is 51.8 Å². The third-order valence-electron chi connectivity index (χ3n) is 4.44. The zero-order valence-electron chi connectivity index (χ0n) is 14.3. The van der Waals surface area contributed by atoms with E-state index in [1.54, 1.807) is 7.11 Å². The van der Waals surface area contributed by atoms with Crippen molar-refractivity contribution in [3.8, 4) is 11.5 Å². The highest BCUT2D eigenvalue weighted by Gasteiger charge is 2.53. The van der Waals surface area contributed by atoms with Crippen LogP contribution in [-0.4, -0.2) is 32.0 Å². The molecule has 22 heavy (non-hydrogen) atoms. The first-order chi connectivity index (χ1) is 10.2. The van der Waals surface area contributed by atoms with Crippen molar-refractivity contribution in [2.75, 3.05) is 13.7 Å². The quantitative estimate of drug-likeness (QED) is 0.847. The van der Waals surface area contributed by atoms with E-state index >= 15 is 0 Å². The van der Waals surface area contributed by atoms with E-state index in [1.165, 1.54) is 0 Å². The second kappa shape index (κ2) is 6.10. The molecular weight excluding hydrogens is 281 g/mol. The molecule has 6 heteroatoms. The minimum Gasteiger partial charge on any atom is -0.493 e. The van der Waals surface area contributed by atoms with E-state index in [1.807, 2.05) is 52.8 Å². The van der Waals surface area contributed by atoms with Crippen molar-refractivity contribution in [1.29, 1.82) is 0 Å². The van der Waals surface area contributed by atoms with Crippen LogP contribution in [-0.2, 0) is 9.31 Å². The summed E-state index contributed by atoms with van der Waals surface area (Å²) in [7, 11) is 1.12. The van der Waals surface area contributed by atoms with Gasteiger partial charge in [0.15, 0.2) is 11.5 Å². The molecule has 5 nitrogen and oxygen atoms in total. The maximum absolute atomic E-state index is 6.34. The standard InChI is InChI=1S/C16H26BNO4/c1-7-20-12-9-8-11(10-13(12)19-6)14(18)17-21-15(2,3)16(4,5)22-17/h8-10,14H,7,18H2,1-6H3/t14-/m0/s1. The molecule has 2 rings (SSSR count). The number of hydrogen-bond acceptors (Lipinski definition) is 5. The smallest absolute Gasteiger partial charge is 0.480 e. The highest BCUT2D eigenvalue weighted by atomic mass is 16.7. The van der Waals surface area contributed by atoms with Gasteiger partial charge in [0.1, 0.15) is 0 Å². The lowest BCUT2D eigenvalue weighted by Crippen LogP contribution is -2.41. The van der Waals surface area contributed by atoms with Crippen molar-refractivity contribution >= 4 is 7.12 Å². The van der Waals surface area contributed by atoms with E-state index in [-0.39, 0.29) is 0 Å². The summed E-state index contributed by atoms with van der Waals surface area (Å²) in [6.07, 6.45) is 0. The van der Waals surface area contributed by atoms with Gasteiger partial charge in [-0.05, 0) is 52.3 Å². The lowest BCUT2D eigenvalue weighted by atomic mass is 9.75. The monoisotopic (exact) mass is 307 g/mol. The summed E-state index contributed by atoms with van der Waals surface area (Å²) in [5.74, 6) is 0.965. The summed E-state index contributed by atoms with van der Waals surface area (Å²) < 4.78 is 22.9. The van der Waals surface area contributed by atoms with Gasteiger partial charge in [0, 0.05) is 0 Å². The third-order valence-corrected chi connectivity index (χ3v) is 4.44. The van der Waals surface area contributed by atoms with Crippen LogP contribution < -0.4 is 15.2 Å². The van der Waals surface area contributed by atoms with Crippen LogP contribution in [0.15, 0.2) is 18.2 Å². The molecule has 1 aromatic rings. The summed E-state index contributed by atoms with van der Waals surface area (Å²) in [6.45, 7) is 10.6. The molecule has 1 aromatic carbocycles. The zero-order chi connectivity index (χ0) is 16.5. The highest BCUT2D eigenvalue weighted by Crippen LogP contribution is 2.40. The van der Waals surface area contributed by atoms with Crippen molar-refractivity contribution in [3.63, 3.8) is 0 Å². The van der Waals surface area contributed by atoms with Crippen molar-refractivity contribution < 1.29 is 18.8 Å². The Labute approximate surface area is 133 Å². The van der Waals surface area contributed by atoms with Crippen LogP contribution in [0.25, 0.3) is 0 Å². The fourth-order valence-electron chi connectivity index (χ4n) is 2.36. The van der Waals surface area contributed by atoms with E-state index in [0.717, 1.165) is 5.56 Å². The van der Waals surface area contributed by atoms with Gasteiger partial charge in [-0.15, -0.1) is 0 Å². The zero-order valence-corrected chi connectivity index (χ0v) is 14.3. The Kier molecular flexibility index (Phi) is 4.75. The van der Waals surface area contributed by atoms with Gasteiger partial charge in [-0.3, -0.25) is 0 Å². The Balaban J connectivity index is 2.22. The number of ether oxygens (including phenoxy) is 2. The first-order valence-corrected chi connectivity index (χ1v) is 7.64. The second-order valence-electron chi connectivity index (χ2n) is 6.49. The van der Waals surface area contributed by atoms with E-state index in [4.69, 9.17) is 24.5 Å². The van der Waals surface area contributed by atoms with Crippen LogP contribution in [0.1, 0.15) is 46.1 Å². The van der Waals surface area contributed by atoms with E-state index < -0.39 is 24.3 Å². The van der Waals surface area contributed by atoms with Gasteiger partial charge in [-0.2, -0.15) is 0 Å². The van der Waals surface area contributed by atoms with Gasteiger partial charge < -0.3 is 24.5 Å². The third kappa shape index (κ3) is 3.09. The lowest BCUT2D eigenvalue weighted by Gasteiger charge is -2.32. The van der Waals surface area contributed by atoms with E-state index in [9.17, 15) is 0 Å². The Morgan fingerprint density at radius 2 is 1.73 bits per heavy atom. The normalized spacial score (nSPS) is 20.8. The van der Waals surface area contributed by atoms with Crippen LogP contribution in [0.3, 0.4) is 0 Å². The molecule has 122 valence electrons. The molecule has 0 bridgehead atoms. The SMILES string of the molecule is CCOc1ccc([C@H](N)B2OC(C)(C)C(C)(C)O2)cc1OC. The van der Waals surface area contributed by atoms with Crippen LogP contribution in [0, 0.1) is 0 Å². The first kappa shape index (κ1) is 17.1. The van der Waals surface area contributed by atoms with Crippen LogP contribution in [0.2, 0.25) is 0 Å². The van der Waals surface area contributed by atoms with Crippen molar-refractivity contribution in [2.24, 2.45) is 5.73 Å². The van der Waals surface area contributed by atoms with Gasteiger partial charge >= 0.3 is 7.12 Å². The molecule has 1 fully saturated rings. The molecule has 0 amide bonds. The van der Waals surface area contributed by atoms with Crippen LogP contribution in [0.4, 0.5) is 0 Å². The Morgan fingerprint density at radius 3 is 2.23 bits per heavy atom. The molecule has 0 spiro atoms. The molecule has 1 aliphatic heterocycles. The molecule has 1 atom stereocenters. The Bertz CT molecular complexity index is 517. The highest BCUT2D eigenvalue weighted by molar-refractivity contribution is 6.47. The summed E-state index contributed by atoms with van der Waals surface area (Å²) in [5, 5.41) is 0. The number of benzene rings is 1. The van der Waals surface area contributed by atoms with Gasteiger partial charge in [0.25, 0.3) is 0 Å². The molecule has 0 saturated carbocycles. The number of hydrogen-bond donors (Lipinski definition) is 1. The molecular formula is C16H26BNO4. The van der Waals surface area contributed by atoms with E-state index in [2.05, 4.69) is 0 Å². The number of nitrogens with two attached hydrogens (primary N) is 1. The summed E-state index contributed by atoms with van der Waals surface area (Å²) in [6, 6.07) is 5.66. The molecule has 0 unspecified atom stereocenters. The van der Waals surface area contributed by atoms with Gasteiger partial charge in [0.05, 0.1) is 30.9 Å². The fraction of sp³-hybridized carbons (Fsp3) is 0.625. The number of methoxy groups -OCH3 is 1. The first-order valence-electron chi connectivity index (χ1n) is 7.64. The molecule has 0 radical (unpaired) electrons.